The Kier molecular flexibility index (Phi) is 6.54. The lowest BCUT2D eigenvalue weighted by Crippen LogP contribution is -1.95. The fourth-order valence-electron chi connectivity index (χ4n) is 7.29. The Hall–Kier alpha value is -6.30. The van der Waals surface area contributed by atoms with Gasteiger partial charge in [0.1, 0.15) is 10.5 Å². The number of nitrogens with two attached hydrogens (primary N) is 1. The highest BCUT2D eigenvalue weighted by Crippen LogP contribution is 2.42. The van der Waals surface area contributed by atoms with Crippen LogP contribution in [0.3, 0.4) is 0 Å². The second kappa shape index (κ2) is 11.4. The molecule has 0 bridgehead atoms. The van der Waals surface area contributed by atoms with Crippen LogP contribution in [0.25, 0.3) is 87.1 Å². The summed E-state index contributed by atoms with van der Waals surface area (Å²) >= 11 is 1.84. The number of allylic oxidation sites excluding steroid dienone is 1. The van der Waals surface area contributed by atoms with Gasteiger partial charge in [-0.15, -0.1) is 11.3 Å². The quantitative estimate of drug-likeness (QED) is 0.187. The minimum absolute atomic E-state index is 0.706. The molecule has 0 amide bonds. The summed E-state index contributed by atoms with van der Waals surface area (Å²) in [5, 5.41) is 6.04. The fourth-order valence-corrected chi connectivity index (χ4v) is 8.50. The maximum absolute atomic E-state index is 6.66. The summed E-state index contributed by atoms with van der Waals surface area (Å²) in [7, 11) is 0. The molecule has 0 atom stereocenters. The van der Waals surface area contributed by atoms with Crippen LogP contribution >= 0.6 is 11.3 Å². The average Bonchev–Trinajstić information content (AvgIpc) is 3.75. The molecule has 5 heteroatoms. The number of hydrogen-bond acceptors (Lipinski definition) is 4. The van der Waals surface area contributed by atoms with Crippen molar-refractivity contribution in [1.29, 1.82) is 0 Å². The van der Waals surface area contributed by atoms with Crippen LogP contribution in [0.2, 0.25) is 0 Å². The SMILES string of the molecule is Nc1c(/C=C\Cc2ccc(-c3ccc4sc5c(c4c3)c3ccccc3c3nc4ccccc4n35)cc2)ccc2ccc(-c3ccccc3)nc12. The normalized spacial score (nSPS) is 12.1. The number of anilines is 1. The van der Waals surface area contributed by atoms with Gasteiger partial charge in [0.05, 0.1) is 27.9 Å². The van der Waals surface area contributed by atoms with E-state index in [0.717, 1.165) is 50.8 Å². The minimum atomic E-state index is 0.706. The molecule has 2 N–H and O–H groups in total. The van der Waals surface area contributed by atoms with E-state index in [9.17, 15) is 0 Å². The number of para-hydroxylation sites is 2. The summed E-state index contributed by atoms with van der Waals surface area (Å²) in [6.45, 7) is 0. The van der Waals surface area contributed by atoms with E-state index in [0.29, 0.717) is 5.69 Å². The highest BCUT2D eigenvalue weighted by Gasteiger charge is 2.18. The highest BCUT2D eigenvalue weighted by molar-refractivity contribution is 7.25. The van der Waals surface area contributed by atoms with Gasteiger partial charge in [0.2, 0.25) is 0 Å². The molecule has 0 aliphatic rings. The van der Waals surface area contributed by atoms with E-state index in [4.69, 9.17) is 15.7 Å². The largest absolute Gasteiger partial charge is 0.396 e. The summed E-state index contributed by atoms with van der Waals surface area (Å²) in [6, 6.07) is 51.5. The molecule has 10 aromatic rings. The van der Waals surface area contributed by atoms with Gasteiger partial charge < -0.3 is 5.73 Å². The Morgan fingerprint density at radius 3 is 2.28 bits per heavy atom. The van der Waals surface area contributed by atoms with Crippen molar-refractivity contribution in [2.75, 3.05) is 5.73 Å². The van der Waals surface area contributed by atoms with Crippen LogP contribution in [0, 0.1) is 0 Å². The van der Waals surface area contributed by atoms with Crippen molar-refractivity contribution in [3.63, 3.8) is 0 Å². The first-order valence-electron chi connectivity index (χ1n) is 16.8. The number of thiophene rings is 1. The topological polar surface area (TPSA) is 56.2 Å². The van der Waals surface area contributed by atoms with E-state index in [-0.39, 0.29) is 0 Å². The summed E-state index contributed by atoms with van der Waals surface area (Å²) in [4.78, 5) is 11.2. The van der Waals surface area contributed by atoms with Crippen LogP contribution < -0.4 is 5.73 Å². The molecule has 0 saturated heterocycles. The zero-order valence-electron chi connectivity index (χ0n) is 27.0. The van der Waals surface area contributed by atoms with Crippen LogP contribution in [0.1, 0.15) is 11.1 Å². The Labute approximate surface area is 292 Å². The first-order chi connectivity index (χ1) is 24.7. The van der Waals surface area contributed by atoms with Crippen LogP contribution in [-0.4, -0.2) is 14.4 Å². The van der Waals surface area contributed by atoms with Gasteiger partial charge in [-0.1, -0.05) is 127 Å². The number of nitrogens with zero attached hydrogens (tertiary/aromatic N) is 3. The number of hydrogen-bond donors (Lipinski definition) is 1. The first-order valence-corrected chi connectivity index (χ1v) is 17.7. The predicted octanol–water partition coefficient (Wildman–Crippen LogP) is 11.7. The van der Waals surface area contributed by atoms with E-state index < -0.39 is 0 Å². The van der Waals surface area contributed by atoms with Gasteiger partial charge in [0.25, 0.3) is 0 Å². The smallest absolute Gasteiger partial charge is 0.147 e. The lowest BCUT2D eigenvalue weighted by molar-refractivity contribution is 1.28. The number of aromatic nitrogens is 3. The molecule has 6 aromatic carbocycles. The van der Waals surface area contributed by atoms with Gasteiger partial charge in [-0.25, -0.2) is 9.97 Å². The monoisotopic (exact) mass is 658 g/mol. The molecule has 0 radical (unpaired) electrons. The van der Waals surface area contributed by atoms with Crippen molar-refractivity contribution in [3.05, 3.63) is 163 Å². The Morgan fingerprint density at radius 2 is 1.40 bits per heavy atom. The summed E-state index contributed by atoms with van der Waals surface area (Å²) in [5.41, 5.74) is 18.0. The average molecular weight is 659 g/mol. The maximum Gasteiger partial charge on any atom is 0.147 e. The molecule has 4 aromatic heterocycles. The van der Waals surface area contributed by atoms with Crippen molar-refractivity contribution in [1.82, 2.24) is 14.4 Å². The molecule has 4 heterocycles. The van der Waals surface area contributed by atoms with Gasteiger partial charge in [-0.05, 0) is 64.4 Å². The zero-order chi connectivity index (χ0) is 33.2. The predicted molar refractivity (Wildman–Crippen MR) is 213 cm³/mol. The molecule has 0 unspecified atom stereocenters. The van der Waals surface area contributed by atoms with Gasteiger partial charge in [0, 0.05) is 31.8 Å². The summed E-state index contributed by atoms with van der Waals surface area (Å²) in [5.74, 6) is 0. The molecular weight excluding hydrogens is 629 g/mol. The van der Waals surface area contributed by atoms with Crippen molar-refractivity contribution >= 4 is 81.8 Å². The number of benzene rings is 6. The molecule has 0 fully saturated rings. The zero-order valence-corrected chi connectivity index (χ0v) is 27.9. The second-order valence-electron chi connectivity index (χ2n) is 12.8. The second-order valence-corrected chi connectivity index (χ2v) is 13.8. The van der Waals surface area contributed by atoms with Crippen molar-refractivity contribution in [3.8, 4) is 22.4 Å². The van der Waals surface area contributed by atoms with E-state index in [1.54, 1.807) is 0 Å². The molecular formula is C45H30N4S. The molecule has 0 aliphatic heterocycles. The molecule has 50 heavy (non-hydrogen) atoms. The summed E-state index contributed by atoms with van der Waals surface area (Å²) in [6.07, 6.45) is 5.10. The van der Waals surface area contributed by atoms with Crippen molar-refractivity contribution in [2.45, 2.75) is 6.42 Å². The van der Waals surface area contributed by atoms with E-state index in [1.165, 1.54) is 47.8 Å². The third kappa shape index (κ3) is 4.59. The Balaban J connectivity index is 0.966. The Bertz CT molecular complexity index is 2950. The maximum atomic E-state index is 6.66. The molecule has 0 spiro atoms. The molecule has 10 rings (SSSR count). The number of pyridine rings is 2. The number of fused-ring (bicyclic) bond motifs is 11. The van der Waals surface area contributed by atoms with E-state index in [1.807, 2.05) is 29.5 Å². The number of imidazole rings is 1. The Morgan fingerprint density at radius 1 is 0.640 bits per heavy atom. The standard InChI is InChI=1S/C45H30N4S/c46-42-31(21-22-32-23-25-37(47-43(32)42)30-10-2-1-3-11-30)12-8-9-28-17-19-29(20-18-28)33-24-26-40-36(27-33)41-34-13-4-5-14-35(34)44-48-38-15-6-7-16-39(38)49(44)45(41)50-40/h1-8,10-27H,9,46H2/b12-8-. The molecule has 236 valence electrons. The van der Waals surface area contributed by atoms with Gasteiger partial charge in [-0.2, -0.15) is 0 Å². The van der Waals surface area contributed by atoms with Crippen LogP contribution in [0.15, 0.2) is 152 Å². The van der Waals surface area contributed by atoms with Gasteiger partial charge in [0.15, 0.2) is 0 Å². The van der Waals surface area contributed by atoms with Crippen molar-refractivity contribution < 1.29 is 0 Å². The minimum Gasteiger partial charge on any atom is -0.396 e. The number of nitrogen functional groups attached to an aromatic ring is 1. The molecule has 4 nitrogen and oxygen atoms in total. The number of rotatable bonds is 5. The van der Waals surface area contributed by atoms with Crippen LogP contribution in [0.5, 0.6) is 0 Å². The van der Waals surface area contributed by atoms with Crippen LogP contribution in [-0.2, 0) is 6.42 Å². The van der Waals surface area contributed by atoms with Gasteiger partial charge >= 0.3 is 0 Å². The first kappa shape index (κ1) is 28.7. The van der Waals surface area contributed by atoms with Gasteiger partial charge in [-0.3, -0.25) is 4.40 Å². The summed E-state index contributed by atoms with van der Waals surface area (Å²) < 4.78 is 3.63. The van der Waals surface area contributed by atoms with E-state index in [2.05, 4.69) is 144 Å². The fraction of sp³-hybridized carbons (Fsp3) is 0.0222. The highest BCUT2D eigenvalue weighted by atomic mass is 32.1. The molecule has 0 saturated carbocycles. The lowest BCUT2D eigenvalue weighted by Gasteiger charge is -2.08. The molecule has 0 aliphatic carbocycles. The lowest BCUT2D eigenvalue weighted by atomic mass is 9.99. The van der Waals surface area contributed by atoms with E-state index >= 15 is 0 Å². The van der Waals surface area contributed by atoms with Crippen molar-refractivity contribution in [2.24, 2.45) is 0 Å². The third-order valence-electron chi connectivity index (χ3n) is 9.81. The van der Waals surface area contributed by atoms with Crippen LogP contribution in [0.4, 0.5) is 5.69 Å². The third-order valence-corrected chi connectivity index (χ3v) is 11.0.